The number of amides is 3. The molecule has 1 aromatic rings. The number of hydrogen-bond donors (Lipinski definition) is 5. The van der Waals surface area contributed by atoms with Crippen LogP contribution in [-0.4, -0.2) is 29.6 Å². The molecular formula is C18H27N5O2S. The SMILES string of the molecule is Cc1ccc(CNC(=O)NCC(=O)NNC(=S)NC2CCCCC2)cc1. The standard InChI is InChI=1S/C18H27N5O2S/c1-13-7-9-14(10-8-13)11-19-17(25)20-12-16(24)22-23-18(26)21-15-5-3-2-4-6-15/h7-10,15H,2-6,11-12H2,1H3,(H,22,24)(H2,19,20,25)(H2,21,23,26). The summed E-state index contributed by atoms with van der Waals surface area (Å²) < 4.78 is 0. The lowest BCUT2D eigenvalue weighted by molar-refractivity contribution is -0.120. The summed E-state index contributed by atoms with van der Waals surface area (Å²) in [7, 11) is 0. The Balaban J connectivity index is 1.56. The van der Waals surface area contributed by atoms with Gasteiger partial charge >= 0.3 is 6.03 Å². The first-order valence-electron chi connectivity index (χ1n) is 8.95. The predicted molar refractivity (Wildman–Crippen MR) is 105 cm³/mol. The summed E-state index contributed by atoms with van der Waals surface area (Å²) in [6.45, 7) is 2.27. The van der Waals surface area contributed by atoms with E-state index in [0.717, 1.165) is 18.4 Å². The predicted octanol–water partition coefficient (Wildman–Crippen LogP) is 1.62. The van der Waals surface area contributed by atoms with Crippen LogP contribution in [0, 0.1) is 6.92 Å². The van der Waals surface area contributed by atoms with Gasteiger partial charge in [0.2, 0.25) is 0 Å². The Bertz CT molecular complexity index is 615. The average molecular weight is 378 g/mol. The van der Waals surface area contributed by atoms with Crippen molar-refractivity contribution < 1.29 is 9.59 Å². The lowest BCUT2D eigenvalue weighted by Crippen LogP contribution is -2.52. The summed E-state index contributed by atoms with van der Waals surface area (Å²) in [6, 6.07) is 7.84. The molecule has 1 fully saturated rings. The summed E-state index contributed by atoms with van der Waals surface area (Å²) in [5.74, 6) is -0.372. The fourth-order valence-electron chi connectivity index (χ4n) is 2.75. The Morgan fingerprint density at radius 3 is 2.42 bits per heavy atom. The second kappa shape index (κ2) is 10.6. The van der Waals surface area contributed by atoms with Crippen LogP contribution >= 0.6 is 12.2 Å². The number of carbonyl (C=O) groups is 2. The highest BCUT2D eigenvalue weighted by molar-refractivity contribution is 7.80. The molecule has 1 saturated carbocycles. The van der Waals surface area contributed by atoms with E-state index in [1.807, 2.05) is 31.2 Å². The number of aryl methyl sites for hydroxylation is 1. The van der Waals surface area contributed by atoms with E-state index in [1.165, 1.54) is 24.8 Å². The number of hydrogen-bond acceptors (Lipinski definition) is 3. The minimum atomic E-state index is -0.399. The van der Waals surface area contributed by atoms with Crippen LogP contribution < -0.4 is 26.8 Å². The molecule has 26 heavy (non-hydrogen) atoms. The first-order valence-corrected chi connectivity index (χ1v) is 9.36. The van der Waals surface area contributed by atoms with Gasteiger partial charge < -0.3 is 16.0 Å². The van der Waals surface area contributed by atoms with E-state index in [4.69, 9.17) is 12.2 Å². The van der Waals surface area contributed by atoms with E-state index in [2.05, 4.69) is 26.8 Å². The van der Waals surface area contributed by atoms with Crippen LogP contribution in [0.5, 0.6) is 0 Å². The van der Waals surface area contributed by atoms with Gasteiger partial charge in [0.1, 0.15) is 6.54 Å². The molecule has 1 aromatic carbocycles. The quantitative estimate of drug-likeness (QED) is 0.397. The van der Waals surface area contributed by atoms with Gasteiger partial charge in [-0.05, 0) is 37.5 Å². The monoisotopic (exact) mass is 377 g/mol. The topological polar surface area (TPSA) is 94.3 Å². The molecule has 1 aliphatic carbocycles. The van der Waals surface area contributed by atoms with E-state index in [0.29, 0.717) is 17.7 Å². The minimum Gasteiger partial charge on any atom is -0.359 e. The van der Waals surface area contributed by atoms with Gasteiger partial charge in [0.25, 0.3) is 5.91 Å². The van der Waals surface area contributed by atoms with Crippen LogP contribution in [0.15, 0.2) is 24.3 Å². The van der Waals surface area contributed by atoms with Crippen molar-refractivity contribution in [3.63, 3.8) is 0 Å². The number of carbonyl (C=O) groups excluding carboxylic acids is 2. The highest BCUT2D eigenvalue weighted by Crippen LogP contribution is 2.17. The number of hydrazine groups is 1. The maximum absolute atomic E-state index is 11.8. The van der Waals surface area contributed by atoms with Crippen molar-refractivity contribution in [1.29, 1.82) is 0 Å². The number of rotatable bonds is 5. The molecule has 0 heterocycles. The first-order chi connectivity index (χ1) is 12.5. The van der Waals surface area contributed by atoms with Crippen molar-refractivity contribution in [1.82, 2.24) is 26.8 Å². The van der Waals surface area contributed by atoms with Gasteiger partial charge in [0.05, 0.1) is 0 Å². The molecule has 5 N–H and O–H groups in total. The smallest absolute Gasteiger partial charge is 0.315 e. The Morgan fingerprint density at radius 1 is 1.04 bits per heavy atom. The number of urea groups is 1. The molecule has 142 valence electrons. The summed E-state index contributed by atoms with van der Waals surface area (Å²) in [5, 5.41) is 8.79. The zero-order chi connectivity index (χ0) is 18.8. The van der Waals surface area contributed by atoms with Crippen molar-refractivity contribution in [3.05, 3.63) is 35.4 Å². The highest BCUT2D eigenvalue weighted by atomic mass is 32.1. The van der Waals surface area contributed by atoms with Crippen molar-refractivity contribution in [2.45, 2.75) is 51.6 Å². The normalized spacial score (nSPS) is 14.2. The summed E-state index contributed by atoms with van der Waals surface area (Å²) in [4.78, 5) is 23.5. The fourth-order valence-corrected chi connectivity index (χ4v) is 2.97. The van der Waals surface area contributed by atoms with E-state index in [1.54, 1.807) is 0 Å². The van der Waals surface area contributed by atoms with Crippen LogP contribution in [0.25, 0.3) is 0 Å². The highest BCUT2D eigenvalue weighted by Gasteiger charge is 2.14. The average Bonchev–Trinajstić information content (AvgIpc) is 2.65. The largest absolute Gasteiger partial charge is 0.359 e. The maximum atomic E-state index is 11.8. The molecular weight excluding hydrogens is 350 g/mol. The minimum absolute atomic E-state index is 0.140. The molecule has 2 rings (SSSR count). The van der Waals surface area contributed by atoms with Crippen LogP contribution in [0.1, 0.15) is 43.2 Å². The third-order valence-electron chi connectivity index (χ3n) is 4.24. The van der Waals surface area contributed by atoms with E-state index in [-0.39, 0.29) is 12.5 Å². The third-order valence-corrected chi connectivity index (χ3v) is 4.46. The summed E-state index contributed by atoms with van der Waals surface area (Å²) in [6.07, 6.45) is 5.87. The van der Waals surface area contributed by atoms with Gasteiger partial charge in [-0.15, -0.1) is 0 Å². The fraction of sp³-hybridized carbons (Fsp3) is 0.500. The molecule has 0 bridgehead atoms. The van der Waals surface area contributed by atoms with E-state index >= 15 is 0 Å². The van der Waals surface area contributed by atoms with Gasteiger partial charge in [-0.1, -0.05) is 49.1 Å². The third kappa shape index (κ3) is 7.69. The molecule has 0 spiro atoms. The van der Waals surface area contributed by atoms with Gasteiger partial charge in [0.15, 0.2) is 5.11 Å². The van der Waals surface area contributed by atoms with E-state index in [9.17, 15) is 9.59 Å². The molecule has 0 aliphatic heterocycles. The second-order valence-electron chi connectivity index (χ2n) is 6.50. The Morgan fingerprint density at radius 2 is 1.73 bits per heavy atom. The maximum Gasteiger partial charge on any atom is 0.315 e. The van der Waals surface area contributed by atoms with Crippen molar-refractivity contribution in [2.75, 3.05) is 6.54 Å². The first kappa shape index (κ1) is 20.0. The van der Waals surface area contributed by atoms with Gasteiger partial charge in [-0.25, -0.2) is 4.79 Å². The van der Waals surface area contributed by atoms with Crippen LogP contribution in [0.2, 0.25) is 0 Å². The molecule has 0 aromatic heterocycles. The number of nitrogens with one attached hydrogen (secondary N) is 5. The van der Waals surface area contributed by atoms with Crippen molar-refractivity contribution in [2.24, 2.45) is 0 Å². The summed E-state index contributed by atoms with van der Waals surface area (Å²) >= 11 is 5.16. The Labute approximate surface area is 159 Å². The second-order valence-corrected chi connectivity index (χ2v) is 6.91. The lowest BCUT2D eigenvalue weighted by Gasteiger charge is -2.24. The van der Waals surface area contributed by atoms with Crippen LogP contribution in [0.3, 0.4) is 0 Å². The molecule has 1 aliphatic rings. The van der Waals surface area contributed by atoms with Crippen LogP contribution in [0.4, 0.5) is 4.79 Å². The number of thiocarbonyl (C=S) groups is 1. The molecule has 7 nitrogen and oxygen atoms in total. The zero-order valence-electron chi connectivity index (χ0n) is 15.1. The molecule has 3 amide bonds. The summed E-state index contributed by atoms with van der Waals surface area (Å²) in [5.41, 5.74) is 7.30. The molecule has 0 radical (unpaired) electrons. The van der Waals surface area contributed by atoms with Crippen molar-refractivity contribution >= 4 is 29.3 Å². The van der Waals surface area contributed by atoms with Gasteiger partial charge in [0, 0.05) is 12.6 Å². The number of benzene rings is 1. The lowest BCUT2D eigenvalue weighted by atomic mass is 9.96. The van der Waals surface area contributed by atoms with Gasteiger partial charge in [-0.2, -0.15) is 0 Å². The molecule has 8 heteroatoms. The zero-order valence-corrected chi connectivity index (χ0v) is 15.9. The molecule has 0 atom stereocenters. The Hall–Kier alpha value is -2.35. The molecule has 0 saturated heterocycles. The Kier molecular flexibility index (Phi) is 8.14. The molecule has 0 unspecified atom stereocenters. The van der Waals surface area contributed by atoms with Gasteiger partial charge in [-0.3, -0.25) is 15.6 Å². The van der Waals surface area contributed by atoms with Crippen LogP contribution in [-0.2, 0) is 11.3 Å². The van der Waals surface area contributed by atoms with Crippen molar-refractivity contribution in [3.8, 4) is 0 Å². The van der Waals surface area contributed by atoms with E-state index < -0.39 is 6.03 Å².